The van der Waals surface area contributed by atoms with Crippen LogP contribution in [-0.4, -0.2) is 22.9 Å². The quantitative estimate of drug-likeness (QED) is 0.802. The van der Waals surface area contributed by atoms with Crippen molar-refractivity contribution < 1.29 is 14.6 Å². The molecule has 0 saturated carbocycles. The van der Waals surface area contributed by atoms with Gasteiger partial charge in [-0.05, 0) is 29.8 Å². The fraction of sp³-hybridized carbons (Fsp3) is 0.235. The van der Waals surface area contributed by atoms with Crippen LogP contribution in [0, 0.1) is 0 Å². The number of carbonyl (C=O) groups is 1. The third-order valence-electron chi connectivity index (χ3n) is 3.65. The summed E-state index contributed by atoms with van der Waals surface area (Å²) in [6.45, 7) is 0.336. The molecular weight excluding hydrogens is 369 g/mol. The normalized spacial score (nSPS) is 20.1. The Morgan fingerprint density at radius 3 is 2.83 bits per heavy atom. The van der Waals surface area contributed by atoms with E-state index in [0.29, 0.717) is 28.2 Å². The van der Waals surface area contributed by atoms with Crippen LogP contribution in [-0.2, 0) is 11.4 Å². The SMILES string of the molecule is O=C(O)C1CSC(c2cccc(OCc3ccc(Cl)cc3Cl)c2)N1. The van der Waals surface area contributed by atoms with Gasteiger partial charge in [-0.15, -0.1) is 11.8 Å². The molecule has 1 fully saturated rings. The number of benzene rings is 2. The minimum Gasteiger partial charge on any atom is -0.489 e. The van der Waals surface area contributed by atoms with Crippen molar-refractivity contribution in [3.05, 3.63) is 63.6 Å². The Balaban J connectivity index is 1.66. The van der Waals surface area contributed by atoms with E-state index >= 15 is 0 Å². The van der Waals surface area contributed by atoms with Gasteiger partial charge in [0, 0.05) is 21.4 Å². The molecule has 1 saturated heterocycles. The average molecular weight is 384 g/mol. The van der Waals surface area contributed by atoms with Gasteiger partial charge in [-0.2, -0.15) is 0 Å². The summed E-state index contributed by atoms with van der Waals surface area (Å²) in [5.41, 5.74) is 1.84. The number of hydrogen-bond acceptors (Lipinski definition) is 4. The lowest BCUT2D eigenvalue weighted by Crippen LogP contribution is -2.33. The first-order chi connectivity index (χ1) is 11.5. The molecule has 2 aromatic carbocycles. The summed E-state index contributed by atoms with van der Waals surface area (Å²) in [7, 11) is 0. The highest BCUT2D eigenvalue weighted by molar-refractivity contribution is 7.99. The van der Waals surface area contributed by atoms with Crippen LogP contribution in [0.5, 0.6) is 5.75 Å². The molecule has 126 valence electrons. The van der Waals surface area contributed by atoms with E-state index in [4.69, 9.17) is 33.0 Å². The third kappa shape index (κ3) is 4.16. The van der Waals surface area contributed by atoms with Crippen molar-refractivity contribution in [3.63, 3.8) is 0 Å². The number of rotatable bonds is 5. The first kappa shape index (κ1) is 17.4. The topological polar surface area (TPSA) is 58.6 Å². The van der Waals surface area contributed by atoms with Crippen molar-refractivity contribution in [1.29, 1.82) is 0 Å². The van der Waals surface area contributed by atoms with Gasteiger partial charge in [0.1, 0.15) is 18.4 Å². The second-order valence-corrected chi connectivity index (χ2v) is 7.35. The molecule has 4 nitrogen and oxygen atoms in total. The van der Waals surface area contributed by atoms with E-state index < -0.39 is 12.0 Å². The molecule has 1 aliphatic rings. The minimum absolute atomic E-state index is 0.0474. The van der Waals surface area contributed by atoms with Gasteiger partial charge in [-0.1, -0.05) is 41.4 Å². The van der Waals surface area contributed by atoms with E-state index in [1.807, 2.05) is 30.3 Å². The van der Waals surface area contributed by atoms with Crippen LogP contribution in [0.25, 0.3) is 0 Å². The van der Waals surface area contributed by atoms with Crippen LogP contribution >= 0.6 is 35.0 Å². The Bertz CT molecular complexity index is 756. The Labute approximate surface area is 154 Å². The highest BCUT2D eigenvalue weighted by Crippen LogP contribution is 2.34. The molecule has 0 bridgehead atoms. The second kappa shape index (κ2) is 7.66. The molecule has 7 heteroatoms. The molecular formula is C17H15Cl2NO3S. The molecule has 0 aliphatic carbocycles. The van der Waals surface area contributed by atoms with Crippen LogP contribution in [0.3, 0.4) is 0 Å². The molecule has 24 heavy (non-hydrogen) atoms. The third-order valence-corrected chi connectivity index (χ3v) is 5.50. The molecule has 0 spiro atoms. The van der Waals surface area contributed by atoms with E-state index in [2.05, 4.69) is 5.32 Å². The van der Waals surface area contributed by atoms with Crippen LogP contribution in [0.15, 0.2) is 42.5 Å². The van der Waals surface area contributed by atoms with E-state index in [-0.39, 0.29) is 5.37 Å². The van der Waals surface area contributed by atoms with Crippen LogP contribution in [0.1, 0.15) is 16.5 Å². The zero-order valence-electron chi connectivity index (χ0n) is 12.5. The monoisotopic (exact) mass is 383 g/mol. The van der Waals surface area contributed by atoms with Gasteiger partial charge in [0.15, 0.2) is 0 Å². The first-order valence-electron chi connectivity index (χ1n) is 7.30. The summed E-state index contributed by atoms with van der Waals surface area (Å²) >= 11 is 13.6. The second-order valence-electron chi connectivity index (χ2n) is 5.37. The number of thioether (sulfide) groups is 1. The van der Waals surface area contributed by atoms with Crippen molar-refractivity contribution in [2.75, 3.05) is 5.75 Å². The average Bonchev–Trinajstić information content (AvgIpc) is 3.05. The van der Waals surface area contributed by atoms with Gasteiger partial charge in [-0.3, -0.25) is 10.1 Å². The number of carboxylic acid groups (broad SMARTS) is 1. The van der Waals surface area contributed by atoms with Crippen molar-refractivity contribution in [2.24, 2.45) is 0 Å². The number of ether oxygens (including phenoxy) is 1. The standard InChI is InChI=1S/C17H15Cl2NO3S/c18-12-5-4-11(14(19)7-12)8-23-13-3-1-2-10(6-13)16-20-15(9-24-16)17(21)22/h1-7,15-16,20H,8-9H2,(H,21,22). The summed E-state index contributed by atoms with van der Waals surface area (Å²) in [5.74, 6) is 0.431. The lowest BCUT2D eigenvalue weighted by atomic mass is 10.2. The summed E-state index contributed by atoms with van der Waals surface area (Å²) in [4.78, 5) is 11.0. The Hall–Kier alpha value is -1.40. The number of aliphatic carboxylic acids is 1. The first-order valence-corrected chi connectivity index (χ1v) is 9.10. The van der Waals surface area contributed by atoms with Gasteiger partial charge in [-0.25, -0.2) is 0 Å². The summed E-state index contributed by atoms with van der Waals surface area (Å²) < 4.78 is 5.81. The maximum atomic E-state index is 11.0. The summed E-state index contributed by atoms with van der Waals surface area (Å²) in [6.07, 6.45) is 0. The van der Waals surface area contributed by atoms with Crippen LogP contribution in [0.2, 0.25) is 10.0 Å². The van der Waals surface area contributed by atoms with Crippen molar-refractivity contribution in [2.45, 2.75) is 18.0 Å². The lowest BCUT2D eigenvalue weighted by Gasteiger charge is -2.13. The van der Waals surface area contributed by atoms with Gasteiger partial charge in [0.05, 0.1) is 5.37 Å². The summed E-state index contributed by atoms with van der Waals surface area (Å²) in [6, 6.07) is 12.4. The molecule has 2 N–H and O–H groups in total. The molecule has 3 rings (SSSR count). The molecule has 1 heterocycles. The molecule has 2 aromatic rings. The number of halogens is 2. The molecule has 2 unspecified atom stereocenters. The number of nitrogens with one attached hydrogen (secondary N) is 1. The fourth-order valence-electron chi connectivity index (χ4n) is 2.37. The maximum Gasteiger partial charge on any atom is 0.321 e. The van der Waals surface area contributed by atoms with Crippen molar-refractivity contribution in [1.82, 2.24) is 5.32 Å². The van der Waals surface area contributed by atoms with Gasteiger partial charge < -0.3 is 9.84 Å². The minimum atomic E-state index is -0.824. The highest BCUT2D eigenvalue weighted by atomic mass is 35.5. The molecule has 0 radical (unpaired) electrons. The zero-order valence-corrected chi connectivity index (χ0v) is 14.9. The van der Waals surface area contributed by atoms with Crippen LogP contribution in [0.4, 0.5) is 0 Å². The van der Waals surface area contributed by atoms with E-state index in [1.165, 1.54) is 0 Å². The Kier molecular flexibility index (Phi) is 5.56. The van der Waals surface area contributed by atoms with E-state index in [9.17, 15) is 4.79 Å². The Morgan fingerprint density at radius 1 is 1.29 bits per heavy atom. The fourth-order valence-corrected chi connectivity index (χ4v) is 4.06. The van der Waals surface area contributed by atoms with Crippen molar-refractivity contribution in [3.8, 4) is 5.75 Å². The predicted octanol–water partition coefficient (Wildman–Crippen LogP) is 4.36. The molecule has 0 aromatic heterocycles. The molecule has 0 amide bonds. The number of carboxylic acids is 1. The van der Waals surface area contributed by atoms with Crippen LogP contribution < -0.4 is 10.1 Å². The maximum absolute atomic E-state index is 11.0. The largest absolute Gasteiger partial charge is 0.489 e. The lowest BCUT2D eigenvalue weighted by molar-refractivity contribution is -0.138. The highest BCUT2D eigenvalue weighted by Gasteiger charge is 2.30. The van der Waals surface area contributed by atoms with Gasteiger partial charge >= 0.3 is 5.97 Å². The Morgan fingerprint density at radius 2 is 2.12 bits per heavy atom. The van der Waals surface area contributed by atoms with Gasteiger partial charge in [0.2, 0.25) is 0 Å². The van der Waals surface area contributed by atoms with E-state index in [1.54, 1.807) is 23.9 Å². The molecule has 1 aliphatic heterocycles. The zero-order chi connectivity index (χ0) is 17.1. The van der Waals surface area contributed by atoms with E-state index in [0.717, 1.165) is 11.1 Å². The summed E-state index contributed by atoms with van der Waals surface area (Å²) in [5, 5.41) is 13.3. The van der Waals surface area contributed by atoms with Crippen molar-refractivity contribution >= 4 is 40.9 Å². The number of hydrogen-bond donors (Lipinski definition) is 2. The smallest absolute Gasteiger partial charge is 0.321 e. The van der Waals surface area contributed by atoms with Gasteiger partial charge in [0.25, 0.3) is 0 Å². The molecule has 2 atom stereocenters. The predicted molar refractivity (Wildman–Crippen MR) is 97.0 cm³/mol.